The van der Waals surface area contributed by atoms with Gasteiger partial charge in [0.25, 0.3) is 9.05 Å². The van der Waals surface area contributed by atoms with E-state index in [9.17, 15) is 8.42 Å². The molecule has 0 fully saturated rings. The minimum absolute atomic E-state index is 0.162. The number of rotatable bonds is 4. The monoisotopic (exact) mass is 326 g/mol. The lowest BCUT2D eigenvalue weighted by Crippen LogP contribution is -2.05. The van der Waals surface area contributed by atoms with E-state index in [0.29, 0.717) is 24.2 Å². The van der Waals surface area contributed by atoms with Crippen LogP contribution in [0.5, 0.6) is 0 Å². The highest BCUT2D eigenvalue weighted by atomic mass is 35.7. The maximum Gasteiger partial charge on any atom is 0.265 e. The third-order valence-corrected chi connectivity index (χ3v) is 4.93. The van der Waals surface area contributed by atoms with E-state index in [0.717, 1.165) is 16.8 Å². The Morgan fingerprint density at radius 1 is 1.19 bits per heavy atom. The molecule has 1 heterocycles. The number of nitrogens with zero attached hydrogens (tertiary/aromatic N) is 2. The van der Waals surface area contributed by atoms with Gasteiger partial charge in [0.05, 0.1) is 17.1 Å². The van der Waals surface area contributed by atoms with E-state index >= 15 is 0 Å². The van der Waals surface area contributed by atoms with Crippen LogP contribution in [0.1, 0.15) is 36.4 Å². The van der Waals surface area contributed by atoms with Crippen molar-refractivity contribution in [2.24, 2.45) is 0 Å². The molecule has 1 aromatic carbocycles. The van der Waals surface area contributed by atoms with Crippen LogP contribution in [0.25, 0.3) is 5.69 Å². The van der Waals surface area contributed by atoms with E-state index in [1.165, 1.54) is 0 Å². The zero-order chi connectivity index (χ0) is 15.8. The smallest absolute Gasteiger partial charge is 0.236 e. The summed E-state index contributed by atoms with van der Waals surface area (Å²) in [6.45, 7) is 7.76. The summed E-state index contributed by atoms with van der Waals surface area (Å²) in [7, 11) is 1.81. The Bertz CT molecular complexity index is 779. The van der Waals surface area contributed by atoms with E-state index < -0.39 is 9.05 Å². The number of halogens is 1. The summed E-state index contributed by atoms with van der Waals surface area (Å²) in [6, 6.07) is 6.03. The van der Waals surface area contributed by atoms with Crippen molar-refractivity contribution in [2.45, 2.75) is 45.4 Å². The van der Waals surface area contributed by atoms with Gasteiger partial charge in [-0.05, 0) is 43.9 Å². The maximum absolute atomic E-state index is 11.9. The third kappa shape index (κ3) is 2.99. The second kappa shape index (κ2) is 5.81. The summed E-state index contributed by atoms with van der Waals surface area (Å²) in [5.74, 6) is 0. The van der Waals surface area contributed by atoms with Gasteiger partial charge in [0.2, 0.25) is 0 Å². The van der Waals surface area contributed by atoms with Gasteiger partial charge in [0.1, 0.15) is 4.90 Å². The molecule has 2 aromatic rings. The van der Waals surface area contributed by atoms with Crippen molar-refractivity contribution in [2.75, 3.05) is 0 Å². The minimum Gasteiger partial charge on any atom is -0.236 e. The third-order valence-electron chi connectivity index (χ3n) is 3.51. The number of aryl methyl sites for hydroxylation is 3. The Balaban J connectivity index is 2.82. The van der Waals surface area contributed by atoms with Crippen LogP contribution in [-0.2, 0) is 21.9 Å². The van der Waals surface area contributed by atoms with E-state index in [-0.39, 0.29) is 4.90 Å². The van der Waals surface area contributed by atoms with Gasteiger partial charge < -0.3 is 0 Å². The molecular formula is C15H19ClN2O2S. The minimum atomic E-state index is -3.81. The Hall–Kier alpha value is -1.33. The van der Waals surface area contributed by atoms with Gasteiger partial charge in [0, 0.05) is 10.7 Å². The molecule has 0 radical (unpaired) electrons. The molecule has 0 atom stereocenters. The second-order valence-corrected chi connectivity index (χ2v) is 7.57. The summed E-state index contributed by atoms with van der Waals surface area (Å²) in [4.78, 5) is 0.162. The molecule has 0 unspecified atom stereocenters. The number of benzene rings is 1. The van der Waals surface area contributed by atoms with Crippen LogP contribution < -0.4 is 0 Å². The highest BCUT2D eigenvalue weighted by Crippen LogP contribution is 2.28. The van der Waals surface area contributed by atoms with Crippen LogP contribution in [-0.4, -0.2) is 18.2 Å². The zero-order valence-corrected chi connectivity index (χ0v) is 14.2. The van der Waals surface area contributed by atoms with Gasteiger partial charge in [-0.2, -0.15) is 5.10 Å². The highest BCUT2D eigenvalue weighted by Gasteiger charge is 2.26. The number of hydrogen-bond acceptors (Lipinski definition) is 3. The van der Waals surface area contributed by atoms with E-state index in [2.05, 4.69) is 5.10 Å². The molecule has 0 N–H and O–H groups in total. The van der Waals surface area contributed by atoms with Gasteiger partial charge in [-0.1, -0.05) is 26.0 Å². The highest BCUT2D eigenvalue weighted by molar-refractivity contribution is 8.13. The van der Waals surface area contributed by atoms with Crippen molar-refractivity contribution in [3.8, 4) is 5.69 Å². The molecule has 6 heteroatoms. The average Bonchev–Trinajstić information content (AvgIpc) is 2.79. The predicted molar refractivity (Wildman–Crippen MR) is 84.8 cm³/mol. The van der Waals surface area contributed by atoms with Crippen molar-refractivity contribution < 1.29 is 8.42 Å². The molecule has 0 aliphatic heterocycles. The molecule has 0 aliphatic carbocycles. The fourth-order valence-corrected chi connectivity index (χ4v) is 3.97. The quantitative estimate of drug-likeness (QED) is 0.807. The number of hydrogen-bond donors (Lipinski definition) is 0. The summed E-state index contributed by atoms with van der Waals surface area (Å²) < 4.78 is 25.5. The van der Waals surface area contributed by atoms with Crippen molar-refractivity contribution in [3.63, 3.8) is 0 Å². The Morgan fingerprint density at radius 3 is 2.38 bits per heavy atom. The van der Waals surface area contributed by atoms with Gasteiger partial charge in [-0.25, -0.2) is 13.1 Å². The summed E-state index contributed by atoms with van der Waals surface area (Å²) >= 11 is 0. The van der Waals surface area contributed by atoms with Gasteiger partial charge >= 0.3 is 0 Å². The Kier molecular flexibility index (Phi) is 4.44. The topological polar surface area (TPSA) is 52.0 Å². The fourth-order valence-electron chi connectivity index (χ4n) is 2.46. The molecule has 0 saturated heterocycles. The first-order chi connectivity index (χ1) is 9.79. The van der Waals surface area contributed by atoms with Crippen LogP contribution in [0.2, 0.25) is 0 Å². The van der Waals surface area contributed by atoms with Crippen LogP contribution >= 0.6 is 10.7 Å². The molecule has 0 aliphatic rings. The lowest BCUT2D eigenvalue weighted by atomic mass is 10.1. The van der Waals surface area contributed by atoms with E-state index in [4.69, 9.17) is 10.7 Å². The number of aromatic nitrogens is 2. The lowest BCUT2D eigenvalue weighted by molar-refractivity contribution is 0.607. The fraction of sp³-hybridized carbons (Fsp3) is 0.400. The van der Waals surface area contributed by atoms with Gasteiger partial charge in [0.15, 0.2) is 0 Å². The average molecular weight is 327 g/mol. The molecule has 1 aromatic heterocycles. The van der Waals surface area contributed by atoms with Crippen LogP contribution in [0, 0.1) is 13.8 Å². The molecule has 0 amide bonds. The molecule has 0 bridgehead atoms. The van der Waals surface area contributed by atoms with Gasteiger partial charge in [-0.15, -0.1) is 0 Å². The molecular weight excluding hydrogens is 308 g/mol. The van der Waals surface area contributed by atoms with Crippen molar-refractivity contribution >= 4 is 19.7 Å². The molecule has 4 nitrogen and oxygen atoms in total. The molecule has 2 rings (SSSR count). The first kappa shape index (κ1) is 16.0. The standard InChI is InChI=1S/C15H19ClN2O2S/c1-5-12-15(21(16,19)20)13(6-2)18(17-12)14-9-10(3)7-8-11(14)4/h7-9H,5-6H2,1-4H3. The Morgan fingerprint density at radius 2 is 1.86 bits per heavy atom. The Labute approximate surface area is 130 Å². The first-order valence-electron chi connectivity index (χ1n) is 6.92. The van der Waals surface area contributed by atoms with Crippen molar-refractivity contribution in [1.29, 1.82) is 0 Å². The van der Waals surface area contributed by atoms with E-state index in [1.54, 1.807) is 4.68 Å². The van der Waals surface area contributed by atoms with Crippen LogP contribution in [0.15, 0.2) is 23.1 Å². The molecule has 114 valence electrons. The predicted octanol–water partition coefficient (Wildman–Crippen LogP) is 3.54. The van der Waals surface area contributed by atoms with Crippen LogP contribution in [0.4, 0.5) is 0 Å². The van der Waals surface area contributed by atoms with Crippen molar-refractivity contribution in [3.05, 3.63) is 40.7 Å². The summed E-state index contributed by atoms with van der Waals surface area (Å²) in [5, 5.41) is 4.49. The van der Waals surface area contributed by atoms with Crippen molar-refractivity contribution in [1.82, 2.24) is 9.78 Å². The summed E-state index contributed by atoms with van der Waals surface area (Å²) in [5.41, 5.74) is 4.19. The maximum atomic E-state index is 11.9. The van der Waals surface area contributed by atoms with Gasteiger partial charge in [-0.3, -0.25) is 0 Å². The second-order valence-electron chi connectivity index (χ2n) is 5.07. The first-order valence-corrected chi connectivity index (χ1v) is 9.23. The molecule has 0 saturated carbocycles. The normalized spacial score (nSPS) is 11.9. The lowest BCUT2D eigenvalue weighted by Gasteiger charge is -2.10. The largest absolute Gasteiger partial charge is 0.265 e. The van der Waals surface area contributed by atoms with E-state index in [1.807, 2.05) is 45.9 Å². The summed E-state index contributed by atoms with van der Waals surface area (Å²) in [6.07, 6.45) is 1.06. The zero-order valence-electron chi connectivity index (χ0n) is 12.6. The van der Waals surface area contributed by atoms with Crippen LogP contribution in [0.3, 0.4) is 0 Å². The SMILES string of the molecule is CCc1nn(-c2cc(C)ccc2C)c(CC)c1S(=O)(=O)Cl. The molecule has 0 spiro atoms. The molecule has 21 heavy (non-hydrogen) atoms.